The van der Waals surface area contributed by atoms with Crippen LogP contribution in [0.1, 0.15) is 99.7 Å². The zero-order valence-corrected chi connectivity index (χ0v) is 45.5. The van der Waals surface area contributed by atoms with Gasteiger partial charge in [-0.15, -0.1) is 5.53 Å². The van der Waals surface area contributed by atoms with E-state index in [1.807, 2.05) is 78.7 Å². The van der Waals surface area contributed by atoms with Crippen LogP contribution in [0.3, 0.4) is 0 Å². The van der Waals surface area contributed by atoms with Crippen LogP contribution in [0.15, 0.2) is 36.2 Å². The van der Waals surface area contributed by atoms with E-state index in [4.69, 9.17) is 38.9 Å². The van der Waals surface area contributed by atoms with E-state index in [2.05, 4.69) is 11.0 Å². The zero-order chi connectivity index (χ0) is 52.2. The number of alkyl halides is 2. The largest absolute Gasteiger partial charge is 0.448 e. The van der Waals surface area contributed by atoms with Gasteiger partial charge in [-0.2, -0.15) is 0 Å². The van der Waals surface area contributed by atoms with Crippen molar-refractivity contribution in [1.82, 2.24) is 25.8 Å². The maximum Gasteiger partial charge on any atom is 0.312 e. The van der Waals surface area contributed by atoms with Crippen molar-refractivity contribution in [3.8, 4) is 0 Å². The fourth-order valence-corrected chi connectivity index (χ4v) is 11.3. The van der Waals surface area contributed by atoms with Crippen molar-refractivity contribution in [2.45, 2.75) is 188 Å². The number of aliphatic hydroxyl groups excluding tert-OH is 3. The van der Waals surface area contributed by atoms with Crippen LogP contribution in [0.2, 0.25) is 0 Å². The molecule has 4 aliphatic heterocycles. The second-order valence-corrected chi connectivity index (χ2v) is 22.3. The molecule has 0 unspecified atom stereocenters. The Balaban J connectivity index is 1.43. The number of benzene rings is 1. The smallest absolute Gasteiger partial charge is 0.312 e. The molecule has 4 heterocycles. The highest BCUT2D eigenvalue weighted by Gasteiger charge is 2.53. The number of hydrogen-bond donors (Lipinski definition) is 8. The van der Waals surface area contributed by atoms with Crippen LogP contribution in [0.5, 0.6) is 0 Å². The van der Waals surface area contributed by atoms with E-state index < -0.39 is 119 Å². The van der Waals surface area contributed by atoms with Crippen LogP contribution >= 0.6 is 22.6 Å². The summed E-state index contributed by atoms with van der Waals surface area (Å²) in [4.78, 5) is 18.2. The van der Waals surface area contributed by atoms with E-state index in [1.54, 1.807) is 58.7 Å². The fourth-order valence-electron chi connectivity index (χ4n) is 10.7. The molecule has 1 aromatic carbocycles. The Kier molecular flexibility index (Phi) is 20.6. The minimum atomic E-state index is -1.87. The fraction of sp³-hybridized carbons (Fsp3) is 0.816. The van der Waals surface area contributed by atoms with E-state index in [0.717, 1.165) is 11.3 Å². The van der Waals surface area contributed by atoms with Gasteiger partial charge in [0.1, 0.15) is 42.7 Å². The quantitative estimate of drug-likeness (QED) is 0.0578. The number of nitrogen functional groups attached to an aromatic ring is 1. The number of hydrogen-bond acceptors (Lipinski definition) is 19. The highest BCUT2D eigenvalue weighted by atomic mass is 127. The number of carbonyl (C=O) groups excluding carboxylic acids is 1. The summed E-state index contributed by atoms with van der Waals surface area (Å²) in [6.45, 7) is 15.8. The van der Waals surface area contributed by atoms with Crippen molar-refractivity contribution in [2.75, 3.05) is 53.8 Å². The molecule has 0 aliphatic carbocycles. The van der Waals surface area contributed by atoms with Crippen LogP contribution in [-0.4, -0.2) is 189 Å². The Morgan fingerprint density at radius 3 is 2.27 bits per heavy atom. The number of likely N-dealkylation sites (N-methyl/N-ethyl adjacent to an activating group) is 2. The summed E-state index contributed by atoms with van der Waals surface area (Å²) in [5, 5.41) is 61.0. The molecule has 0 amide bonds. The lowest BCUT2D eigenvalue weighted by atomic mass is 9.77. The van der Waals surface area contributed by atoms with Gasteiger partial charge in [-0.05, 0) is 122 Å². The number of methoxy groups -OCH3 is 2. The molecule has 70 heavy (non-hydrogen) atoms. The van der Waals surface area contributed by atoms with Crippen LogP contribution in [-0.2, 0) is 38.0 Å². The highest BCUT2D eigenvalue weighted by molar-refractivity contribution is 14.1. The second-order valence-electron chi connectivity index (χ2n) is 21.2. The third kappa shape index (κ3) is 13.6. The zero-order valence-electron chi connectivity index (χ0n) is 43.3. The molecule has 9 N–H and O–H groups in total. The number of ether oxygens (including phenoxy) is 7. The van der Waals surface area contributed by atoms with Crippen LogP contribution in [0.4, 0.5) is 10.1 Å². The number of nitrogens with zero attached hydrogens (tertiary/aromatic N) is 3. The summed E-state index contributed by atoms with van der Waals surface area (Å²) in [6, 6.07) is 5.39. The van der Waals surface area contributed by atoms with E-state index >= 15 is 0 Å². The minimum Gasteiger partial charge on any atom is -0.448 e. The molecule has 0 bridgehead atoms. The first-order valence-electron chi connectivity index (χ1n) is 24.5. The summed E-state index contributed by atoms with van der Waals surface area (Å²) >= 11 is 1.82. The molecular formula is C49H84FIN6O13. The van der Waals surface area contributed by atoms with E-state index in [9.17, 15) is 34.7 Å². The summed E-state index contributed by atoms with van der Waals surface area (Å²) in [5.41, 5.74) is 9.67. The maximum absolute atomic E-state index is 14.7. The van der Waals surface area contributed by atoms with Crippen molar-refractivity contribution in [1.29, 1.82) is 0 Å². The lowest BCUT2D eigenvalue weighted by Gasteiger charge is -2.49. The molecule has 21 heteroatoms. The van der Waals surface area contributed by atoms with Gasteiger partial charge in [0.15, 0.2) is 16.7 Å². The Morgan fingerprint density at radius 1 is 1.00 bits per heavy atom. The van der Waals surface area contributed by atoms with Gasteiger partial charge in [-0.1, -0.05) is 26.0 Å². The molecular weight excluding hydrogens is 1030 g/mol. The van der Waals surface area contributed by atoms with E-state index in [0.29, 0.717) is 31.6 Å². The molecule has 0 aromatic heterocycles. The van der Waals surface area contributed by atoms with Crippen molar-refractivity contribution in [3.63, 3.8) is 0 Å². The SMILES string of the molecule is CO[C@H](c1ccc(N)cc1)[C@@H](CF)N1C=C(CCN(C)[C@H]2C[C@@H](C)O[C@@H](O[C@@H]3[C@@H](C)[C@H](O[C@H]4C[C@@](C)(OC)[C@@H](O)[C@H](C)O4)[C@@H](C)C(=O)O[C@H](I)[C@@](C)(O)[C@H](O)[C@@H](C)N(C)C[C@H](C)C[C@@]3(C)O)[C@@H]2O)NN1. The number of halogens is 2. The molecule has 19 nitrogen and oxygen atoms in total. The third-order valence-corrected chi connectivity index (χ3v) is 16.8. The van der Waals surface area contributed by atoms with Gasteiger partial charge in [0, 0.05) is 75.7 Å². The van der Waals surface area contributed by atoms with Crippen molar-refractivity contribution in [2.24, 2.45) is 17.8 Å². The lowest BCUT2D eigenvalue weighted by molar-refractivity contribution is -0.318. The number of esters is 1. The number of rotatable bonds is 14. The molecule has 3 saturated heterocycles. The predicted molar refractivity (Wildman–Crippen MR) is 268 cm³/mol. The highest BCUT2D eigenvalue weighted by Crippen LogP contribution is 2.41. The minimum absolute atomic E-state index is 0.0865. The van der Waals surface area contributed by atoms with Gasteiger partial charge in [0.05, 0.1) is 41.5 Å². The molecule has 0 spiro atoms. The first kappa shape index (κ1) is 58.8. The Hall–Kier alpha value is -2.07. The number of anilines is 1. The molecule has 20 atom stereocenters. The Labute approximate surface area is 427 Å². The number of carbonyl (C=O) groups is 1. The number of nitrogens with one attached hydrogen (secondary N) is 2. The first-order valence-corrected chi connectivity index (χ1v) is 25.8. The monoisotopic (exact) mass is 1110 g/mol. The topological polar surface area (TPSA) is 243 Å². The van der Waals surface area contributed by atoms with Gasteiger partial charge >= 0.3 is 5.97 Å². The summed E-state index contributed by atoms with van der Waals surface area (Å²) in [5.74, 6) is -2.88. The van der Waals surface area contributed by atoms with Gasteiger partial charge in [0.25, 0.3) is 0 Å². The average molecular weight is 1110 g/mol. The van der Waals surface area contributed by atoms with Crippen molar-refractivity contribution >= 4 is 34.2 Å². The molecule has 3 fully saturated rings. The number of nitrogens with two attached hydrogens (primary N) is 1. The molecule has 4 aliphatic rings. The maximum atomic E-state index is 14.7. The Bertz CT molecular complexity index is 1860. The summed E-state index contributed by atoms with van der Waals surface area (Å²) < 4.78 is 57.2. The van der Waals surface area contributed by atoms with Gasteiger partial charge in [-0.25, -0.2) is 4.39 Å². The molecule has 0 radical (unpaired) electrons. The third-order valence-electron chi connectivity index (χ3n) is 15.3. The lowest BCUT2D eigenvalue weighted by Crippen LogP contribution is -2.60. The number of hydrazine groups is 2. The van der Waals surface area contributed by atoms with Crippen molar-refractivity contribution < 1.29 is 67.9 Å². The Morgan fingerprint density at radius 2 is 1.66 bits per heavy atom. The molecule has 402 valence electrons. The second kappa shape index (κ2) is 24.5. The van der Waals surface area contributed by atoms with Crippen LogP contribution < -0.4 is 16.7 Å². The van der Waals surface area contributed by atoms with Crippen molar-refractivity contribution in [3.05, 3.63) is 41.7 Å². The van der Waals surface area contributed by atoms with Gasteiger partial charge < -0.3 is 79.6 Å². The first-order chi connectivity index (χ1) is 32.7. The molecule has 0 saturated carbocycles. The number of cyclic esters (lactones) is 1. The van der Waals surface area contributed by atoms with E-state index in [-0.39, 0.29) is 24.9 Å². The van der Waals surface area contributed by atoms with Gasteiger partial charge in [-0.3, -0.25) is 9.80 Å². The average Bonchev–Trinajstić information content (AvgIpc) is 3.78. The molecule has 5 rings (SSSR count). The van der Waals surface area contributed by atoms with Crippen LogP contribution in [0, 0.1) is 17.8 Å². The summed E-state index contributed by atoms with van der Waals surface area (Å²) in [7, 11) is 6.75. The summed E-state index contributed by atoms with van der Waals surface area (Å²) in [6.07, 6.45) is -6.71. The normalized spacial score (nSPS) is 41.8. The predicted octanol–water partition coefficient (Wildman–Crippen LogP) is 3.12. The standard InChI is InChI=1S/C49H84FIN6O13/c1-26-21-47(7,62)43(28(3)39(68-37-22-48(8,65-13)42(60)31(6)67-37)29(4)44(61)70-46(51)49(9,63)41(59)30(5)56(11)24-26)69-45-38(58)35(20-27(2)66-45)55(10)19-18-34-25-57(54-53-34)36(23-50)40(64-12)32-14-16-33(52)17-15-32/h14-17,25-31,35-43,45-46,53-54,58-60,62-63H,18-24,52H2,1-13H3/t26-,27-,28+,29-,30-,31+,35+,36-,37+,38-,39+,40-,41-,42+,43-,45+,46+,47-,48-,49+/m1/s1. The van der Waals surface area contributed by atoms with Gasteiger partial charge in [0.2, 0.25) is 0 Å². The number of aliphatic hydroxyl groups is 5. The van der Waals surface area contributed by atoms with Crippen LogP contribution in [0.25, 0.3) is 0 Å². The molecule has 1 aromatic rings. The van der Waals surface area contributed by atoms with E-state index in [1.165, 1.54) is 21.1 Å².